The number of ether oxygens (including phenoxy) is 2. The van der Waals surface area contributed by atoms with Crippen LogP contribution in [-0.4, -0.2) is 18.2 Å². The molecule has 0 saturated carbocycles. The maximum atomic E-state index is 13.7. The summed E-state index contributed by atoms with van der Waals surface area (Å²) >= 11 is 6.38. The van der Waals surface area contributed by atoms with E-state index in [-0.39, 0.29) is 5.91 Å². The van der Waals surface area contributed by atoms with E-state index in [9.17, 15) is 4.79 Å². The highest BCUT2D eigenvalue weighted by Crippen LogP contribution is 2.41. The van der Waals surface area contributed by atoms with Crippen LogP contribution in [0.25, 0.3) is 0 Å². The number of nitrogens with zero attached hydrogens (tertiary/aromatic N) is 1. The molecule has 1 aliphatic rings. The number of halogens is 1. The lowest BCUT2D eigenvalue weighted by Gasteiger charge is -2.41. The monoisotopic (exact) mass is 436 g/mol. The highest BCUT2D eigenvalue weighted by molar-refractivity contribution is 6.31. The van der Waals surface area contributed by atoms with Crippen molar-refractivity contribution in [3.05, 3.63) is 88.9 Å². The molecule has 1 unspecified atom stereocenters. The van der Waals surface area contributed by atoms with Crippen LogP contribution in [0, 0.1) is 0 Å². The van der Waals surface area contributed by atoms with Gasteiger partial charge in [0, 0.05) is 11.4 Å². The largest absolute Gasteiger partial charge is 0.444 e. The zero-order chi connectivity index (χ0) is 21.8. The fourth-order valence-electron chi connectivity index (χ4n) is 3.70. The summed E-state index contributed by atoms with van der Waals surface area (Å²) < 4.78 is 12.4. The Labute approximate surface area is 187 Å². The number of hydrogen-bond acceptors (Lipinski definition) is 4. The van der Waals surface area contributed by atoms with Crippen LogP contribution in [0.15, 0.2) is 72.8 Å². The molecule has 0 spiro atoms. The third-order valence-corrected chi connectivity index (χ3v) is 5.76. The summed E-state index contributed by atoms with van der Waals surface area (Å²) in [5.74, 6) is -0.575. The molecular formula is C25H25ClN2O3. The molecule has 6 heteroatoms. The molecule has 3 aromatic carbocycles. The van der Waals surface area contributed by atoms with Gasteiger partial charge in [0.2, 0.25) is 0 Å². The SMILES string of the molecule is CCC1(Oc2ccc(CCN)cc2)Oc2ccccc2N(Cc2ccccc2Cl)C1=O. The van der Waals surface area contributed by atoms with Crippen molar-refractivity contribution >= 4 is 23.2 Å². The van der Waals surface area contributed by atoms with Gasteiger partial charge in [0.05, 0.1) is 12.2 Å². The third kappa shape index (κ3) is 4.24. The van der Waals surface area contributed by atoms with Crippen molar-refractivity contribution in [1.29, 1.82) is 0 Å². The quantitative estimate of drug-likeness (QED) is 0.569. The minimum Gasteiger partial charge on any atom is -0.444 e. The van der Waals surface area contributed by atoms with E-state index in [1.807, 2.05) is 79.7 Å². The van der Waals surface area contributed by atoms with E-state index >= 15 is 0 Å². The Morgan fingerprint density at radius 1 is 1.03 bits per heavy atom. The molecular weight excluding hydrogens is 412 g/mol. The predicted molar refractivity (Wildman–Crippen MR) is 123 cm³/mol. The Hall–Kier alpha value is -3.02. The van der Waals surface area contributed by atoms with Gasteiger partial charge in [0.25, 0.3) is 0 Å². The molecule has 4 rings (SSSR count). The lowest BCUT2D eigenvalue weighted by atomic mass is 10.1. The van der Waals surface area contributed by atoms with Crippen molar-refractivity contribution in [2.75, 3.05) is 11.4 Å². The van der Waals surface area contributed by atoms with Gasteiger partial charge in [-0.05, 0) is 54.4 Å². The van der Waals surface area contributed by atoms with Crippen LogP contribution in [0.5, 0.6) is 11.5 Å². The van der Waals surface area contributed by atoms with E-state index in [4.69, 9.17) is 26.8 Å². The van der Waals surface area contributed by atoms with Crippen LogP contribution >= 0.6 is 11.6 Å². The molecule has 31 heavy (non-hydrogen) atoms. The number of benzene rings is 3. The molecule has 0 aromatic heterocycles. The second-order valence-electron chi connectivity index (χ2n) is 7.44. The number of anilines is 1. The van der Waals surface area contributed by atoms with E-state index in [0.29, 0.717) is 41.7 Å². The van der Waals surface area contributed by atoms with Crippen LogP contribution in [0.1, 0.15) is 24.5 Å². The van der Waals surface area contributed by atoms with Gasteiger partial charge in [-0.1, -0.05) is 61.0 Å². The van der Waals surface area contributed by atoms with Gasteiger partial charge in [-0.15, -0.1) is 0 Å². The van der Waals surface area contributed by atoms with Crippen LogP contribution in [0.4, 0.5) is 5.69 Å². The summed E-state index contributed by atoms with van der Waals surface area (Å²) in [5.41, 5.74) is 8.29. The number of nitrogens with two attached hydrogens (primary N) is 1. The fraction of sp³-hybridized carbons (Fsp3) is 0.240. The molecule has 1 amide bonds. The molecule has 3 aromatic rings. The molecule has 160 valence electrons. The average Bonchev–Trinajstić information content (AvgIpc) is 2.79. The summed E-state index contributed by atoms with van der Waals surface area (Å²) in [7, 11) is 0. The standard InChI is InChI=1S/C25H25ClN2O3/c1-2-25(30-20-13-11-18(12-14-20)15-16-27)24(29)28(17-19-7-3-4-8-21(19)26)22-9-5-6-10-23(22)31-25/h3-14H,2,15-17,27H2,1H3. The van der Waals surface area contributed by atoms with Crippen LogP contribution in [-0.2, 0) is 17.8 Å². The highest BCUT2D eigenvalue weighted by Gasteiger charge is 2.50. The second-order valence-corrected chi connectivity index (χ2v) is 7.85. The summed E-state index contributed by atoms with van der Waals surface area (Å²) in [4.78, 5) is 15.4. The Bertz CT molecular complexity index is 1070. The molecule has 1 aliphatic heterocycles. The predicted octanol–water partition coefficient (Wildman–Crippen LogP) is 4.95. The molecule has 0 radical (unpaired) electrons. The first-order valence-corrected chi connectivity index (χ1v) is 10.8. The minimum atomic E-state index is -1.47. The van der Waals surface area contributed by atoms with Gasteiger partial charge in [-0.2, -0.15) is 0 Å². The normalized spacial score (nSPS) is 17.8. The maximum Gasteiger partial charge on any atom is 0.332 e. The Morgan fingerprint density at radius 2 is 1.74 bits per heavy atom. The molecule has 0 saturated heterocycles. The topological polar surface area (TPSA) is 64.8 Å². The lowest BCUT2D eigenvalue weighted by molar-refractivity contribution is -0.167. The van der Waals surface area contributed by atoms with Gasteiger partial charge >= 0.3 is 11.7 Å². The fourth-order valence-corrected chi connectivity index (χ4v) is 3.89. The number of hydrogen-bond donors (Lipinski definition) is 1. The Morgan fingerprint density at radius 3 is 2.45 bits per heavy atom. The Balaban J connectivity index is 1.70. The maximum absolute atomic E-state index is 13.7. The molecule has 1 heterocycles. The minimum absolute atomic E-state index is 0.264. The molecule has 0 fully saturated rings. The van der Waals surface area contributed by atoms with Gasteiger partial charge in [-0.3, -0.25) is 9.69 Å². The lowest BCUT2D eigenvalue weighted by Crippen LogP contribution is -2.59. The van der Waals surface area contributed by atoms with Gasteiger partial charge in [0.1, 0.15) is 11.5 Å². The average molecular weight is 437 g/mol. The summed E-state index contributed by atoms with van der Waals surface area (Å²) in [5, 5.41) is 0.609. The number of carbonyl (C=O) groups excluding carboxylic acids is 1. The zero-order valence-electron chi connectivity index (χ0n) is 17.4. The van der Waals surface area contributed by atoms with Gasteiger partial charge in [0.15, 0.2) is 0 Å². The zero-order valence-corrected chi connectivity index (χ0v) is 18.1. The first-order valence-electron chi connectivity index (χ1n) is 10.4. The number of para-hydroxylation sites is 2. The molecule has 0 aliphatic carbocycles. The van der Waals surface area contributed by atoms with Crippen molar-refractivity contribution < 1.29 is 14.3 Å². The molecule has 2 N–H and O–H groups in total. The summed E-state index contributed by atoms with van der Waals surface area (Å²) in [6.07, 6.45) is 1.12. The molecule has 5 nitrogen and oxygen atoms in total. The van der Waals surface area contributed by atoms with E-state index in [0.717, 1.165) is 17.5 Å². The number of carbonyl (C=O) groups is 1. The van der Waals surface area contributed by atoms with E-state index in [2.05, 4.69) is 0 Å². The van der Waals surface area contributed by atoms with Crippen molar-refractivity contribution in [2.45, 2.75) is 32.1 Å². The highest BCUT2D eigenvalue weighted by atomic mass is 35.5. The number of rotatable bonds is 7. The number of amides is 1. The second kappa shape index (κ2) is 9.00. The Kier molecular flexibility index (Phi) is 6.16. The first-order chi connectivity index (χ1) is 15.1. The van der Waals surface area contributed by atoms with E-state index in [1.165, 1.54) is 0 Å². The summed E-state index contributed by atoms with van der Waals surface area (Å²) in [6, 6.07) is 22.6. The van der Waals surface area contributed by atoms with Crippen molar-refractivity contribution in [2.24, 2.45) is 5.73 Å². The van der Waals surface area contributed by atoms with E-state index in [1.54, 1.807) is 4.90 Å². The molecule has 1 atom stereocenters. The smallest absolute Gasteiger partial charge is 0.332 e. The summed E-state index contributed by atoms with van der Waals surface area (Å²) in [6.45, 7) is 2.77. The van der Waals surface area contributed by atoms with Crippen molar-refractivity contribution in [3.63, 3.8) is 0 Å². The number of fused-ring (bicyclic) bond motifs is 1. The third-order valence-electron chi connectivity index (χ3n) is 5.39. The molecule has 0 bridgehead atoms. The first kappa shape index (κ1) is 21.2. The van der Waals surface area contributed by atoms with E-state index < -0.39 is 5.79 Å². The van der Waals surface area contributed by atoms with Gasteiger partial charge < -0.3 is 15.2 Å². The van der Waals surface area contributed by atoms with Gasteiger partial charge in [-0.25, -0.2) is 0 Å². The van der Waals surface area contributed by atoms with Crippen LogP contribution < -0.4 is 20.1 Å². The van der Waals surface area contributed by atoms with Crippen LogP contribution in [0.2, 0.25) is 5.02 Å². The van der Waals surface area contributed by atoms with Crippen molar-refractivity contribution in [3.8, 4) is 11.5 Å². The van der Waals surface area contributed by atoms with Crippen molar-refractivity contribution in [1.82, 2.24) is 0 Å². The van der Waals surface area contributed by atoms with Crippen LogP contribution in [0.3, 0.4) is 0 Å².